The van der Waals surface area contributed by atoms with Crippen molar-refractivity contribution in [1.82, 2.24) is 4.98 Å². The Morgan fingerprint density at radius 2 is 2.00 bits per heavy atom. The number of pyridine rings is 1. The van der Waals surface area contributed by atoms with Gasteiger partial charge in [0, 0.05) is 11.6 Å². The lowest BCUT2D eigenvalue weighted by Crippen LogP contribution is -2.42. The van der Waals surface area contributed by atoms with Gasteiger partial charge in [0.15, 0.2) is 0 Å². The highest BCUT2D eigenvalue weighted by Gasteiger charge is 2.53. The van der Waals surface area contributed by atoms with Crippen LogP contribution in [0.15, 0.2) is 24.3 Å². The third-order valence-electron chi connectivity index (χ3n) is 6.75. The Labute approximate surface area is 164 Å². The fourth-order valence-corrected chi connectivity index (χ4v) is 5.58. The number of esters is 1. The van der Waals surface area contributed by atoms with E-state index in [0.717, 1.165) is 24.2 Å². The molecule has 2 heterocycles. The van der Waals surface area contributed by atoms with Crippen LogP contribution >= 0.6 is 0 Å². The van der Waals surface area contributed by atoms with E-state index in [9.17, 15) is 4.79 Å². The number of ether oxygens (including phenoxy) is 1. The number of fused-ring (bicyclic) bond motifs is 2. The molecule has 148 valence electrons. The predicted molar refractivity (Wildman–Crippen MR) is 110 cm³/mol. The van der Waals surface area contributed by atoms with Crippen molar-refractivity contribution in [1.29, 1.82) is 0 Å². The number of carbonyl (C=O) groups is 1. The van der Waals surface area contributed by atoms with E-state index in [-0.39, 0.29) is 18.0 Å². The van der Waals surface area contributed by atoms with Crippen LogP contribution in [0.4, 0.5) is 0 Å². The Bertz CT molecular complexity index is 668. The quantitative estimate of drug-likeness (QED) is 0.643. The molecule has 1 aromatic rings. The molecule has 0 bridgehead atoms. The smallest absolute Gasteiger partial charge is 0.309 e. The van der Waals surface area contributed by atoms with E-state index in [0.29, 0.717) is 23.7 Å². The minimum Gasteiger partial charge on any atom is -0.462 e. The van der Waals surface area contributed by atoms with Crippen molar-refractivity contribution in [2.24, 2.45) is 29.6 Å². The van der Waals surface area contributed by atoms with Crippen LogP contribution < -0.4 is 0 Å². The average molecular weight is 370 g/mol. The van der Waals surface area contributed by atoms with Crippen LogP contribution in [-0.2, 0) is 16.0 Å². The molecule has 0 spiro atoms. The van der Waals surface area contributed by atoms with Crippen molar-refractivity contribution in [3.63, 3.8) is 0 Å². The maximum atomic E-state index is 12.3. The summed E-state index contributed by atoms with van der Waals surface area (Å²) in [6.45, 7) is 8.22. The summed E-state index contributed by atoms with van der Waals surface area (Å²) < 4.78 is 5.64. The lowest BCUT2D eigenvalue weighted by molar-refractivity contribution is -0.144. The summed E-state index contributed by atoms with van der Waals surface area (Å²) in [6.07, 6.45) is 11.8. The van der Waals surface area contributed by atoms with Gasteiger partial charge in [0.1, 0.15) is 6.10 Å². The van der Waals surface area contributed by atoms with Gasteiger partial charge in [-0.3, -0.25) is 9.78 Å². The number of carbonyl (C=O) groups excluding carboxylic acids is 1. The molecule has 4 unspecified atom stereocenters. The molecule has 2 aliphatic carbocycles. The molecule has 3 fully saturated rings. The second kappa shape index (κ2) is 9.03. The van der Waals surface area contributed by atoms with Gasteiger partial charge in [-0.05, 0) is 62.1 Å². The van der Waals surface area contributed by atoms with Gasteiger partial charge in [-0.1, -0.05) is 52.2 Å². The zero-order valence-electron chi connectivity index (χ0n) is 17.4. The first kappa shape index (κ1) is 20.1. The highest BCUT2D eigenvalue weighted by atomic mass is 16.6. The van der Waals surface area contributed by atoms with Crippen LogP contribution in [0, 0.1) is 29.6 Å². The Hall–Kier alpha value is -1.64. The molecule has 1 saturated heterocycles. The van der Waals surface area contributed by atoms with E-state index in [1.165, 1.54) is 25.7 Å². The van der Waals surface area contributed by atoms with Gasteiger partial charge in [0.25, 0.3) is 0 Å². The number of aromatic nitrogens is 1. The number of hydrogen-bond acceptors (Lipinski definition) is 3. The van der Waals surface area contributed by atoms with Gasteiger partial charge in [-0.15, -0.1) is 0 Å². The molecule has 6 atom stereocenters. The molecular weight excluding hydrogens is 334 g/mol. The van der Waals surface area contributed by atoms with E-state index in [2.05, 4.69) is 44.2 Å². The largest absolute Gasteiger partial charge is 0.462 e. The Balaban J connectivity index is 0.00000102. The van der Waals surface area contributed by atoms with Crippen LogP contribution in [0.25, 0.3) is 6.08 Å². The predicted octanol–water partition coefficient (Wildman–Crippen LogP) is 5.69. The molecule has 0 aromatic carbocycles. The first-order chi connectivity index (χ1) is 13.2. The Morgan fingerprint density at radius 3 is 2.78 bits per heavy atom. The summed E-state index contributed by atoms with van der Waals surface area (Å²) in [5.41, 5.74) is 2.17. The molecule has 1 aliphatic heterocycles. The average Bonchev–Trinajstić information content (AvgIpc) is 3.00. The van der Waals surface area contributed by atoms with Crippen molar-refractivity contribution in [3.05, 3.63) is 35.7 Å². The molecule has 27 heavy (non-hydrogen) atoms. The van der Waals surface area contributed by atoms with Crippen molar-refractivity contribution in [2.45, 2.75) is 72.3 Å². The molecule has 0 N–H and O–H groups in total. The van der Waals surface area contributed by atoms with Gasteiger partial charge < -0.3 is 4.74 Å². The van der Waals surface area contributed by atoms with Gasteiger partial charge in [0.05, 0.1) is 11.6 Å². The molecule has 3 aliphatic rings. The van der Waals surface area contributed by atoms with Gasteiger partial charge in [-0.25, -0.2) is 0 Å². The molecule has 2 saturated carbocycles. The van der Waals surface area contributed by atoms with Crippen LogP contribution in [-0.4, -0.2) is 17.1 Å². The number of nitrogens with zero attached hydrogens (tertiary/aromatic N) is 1. The van der Waals surface area contributed by atoms with Crippen LogP contribution in [0.1, 0.15) is 71.2 Å². The molecule has 1 aromatic heterocycles. The SMILES string of the molecule is CC.CCc1cccc(/C=C/C2C3CCCC[C@H]3CC3C(=O)O[C@H](C)C32)n1. The van der Waals surface area contributed by atoms with Crippen molar-refractivity contribution in [2.75, 3.05) is 0 Å². The Kier molecular flexibility index (Phi) is 6.73. The van der Waals surface area contributed by atoms with Crippen LogP contribution in [0.2, 0.25) is 0 Å². The second-order valence-corrected chi connectivity index (χ2v) is 8.11. The summed E-state index contributed by atoms with van der Waals surface area (Å²) in [5.74, 6) is 2.34. The molecule has 0 amide bonds. The zero-order chi connectivity index (χ0) is 19.4. The molecule has 4 rings (SSSR count). The number of aryl methyl sites for hydroxylation is 1. The number of allylic oxidation sites excluding steroid dienone is 1. The van der Waals surface area contributed by atoms with Crippen LogP contribution in [0.3, 0.4) is 0 Å². The molecular formula is C24H35NO2. The number of rotatable bonds is 3. The van der Waals surface area contributed by atoms with E-state index < -0.39 is 0 Å². The summed E-state index contributed by atoms with van der Waals surface area (Å²) in [7, 11) is 0. The monoisotopic (exact) mass is 369 g/mol. The standard InChI is InChI=1S/C22H29NO2.C2H6/c1-3-16-8-6-9-17(23-16)11-12-19-18-10-5-4-7-15(18)13-20-21(19)14(2)25-22(20)24;1-2/h6,8-9,11-12,14-15,18-21H,3-5,7,10,13H2,1-2H3;1-2H3/b12-11+;/t14-,15+,18?,19?,20?,21?;/m1./s1. The molecule has 3 heteroatoms. The van der Waals surface area contributed by atoms with Crippen molar-refractivity contribution in [3.8, 4) is 0 Å². The number of cyclic esters (lactones) is 1. The second-order valence-electron chi connectivity index (χ2n) is 8.11. The normalized spacial score (nSPS) is 35.0. The zero-order valence-corrected chi connectivity index (χ0v) is 17.4. The van der Waals surface area contributed by atoms with E-state index in [4.69, 9.17) is 9.72 Å². The fraction of sp³-hybridized carbons (Fsp3) is 0.667. The van der Waals surface area contributed by atoms with E-state index in [1.54, 1.807) is 0 Å². The van der Waals surface area contributed by atoms with Gasteiger partial charge in [-0.2, -0.15) is 0 Å². The highest BCUT2D eigenvalue weighted by molar-refractivity contribution is 5.75. The minimum atomic E-state index is 0.0463. The van der Waals surface area contributed by atoms with Gasteiger partial charge in [0.2, 0.25) is 0 Å². The minimum absolute atomic E-state index is 0.0463. The lowest BCUT2D eigenvalue weighted by atomic mass is 9.57. The molecule has 3 nitrogen and oxygen atoms in total. The Morgan fingerprint density at radius 1 is 1.22 bits per heavy atom. The first-order valence-electron chi connectivity index (χ1n) is 11.0. The molecule has 0 radical (unpaired) electrons. The van der Waals surface area contributed by atoms with Crippen molar-refractivity contribution < 1.29 is 9.53 Å². The number of hydrogen-bond donors (Lipinski definition) is 0. The third-order valence-corrected chi connectivity index (χ3v) is 6.75. The maximum absolute atomic E-state index is 12.3. The third kappa shape index (κ3) is 4.12. The van der Waals surface area contributed by atoms with Gasteiger partial charge >= 0.3 is 5.97 Å². The highest BCUT2D eigenvalue weighted by Crippen LogP contribution is 2.53. The maximum Gasteiger partial charge on any atom is 0.309 e. The summed E-state index contributed by atoms with van der Waals surface area (Å²) >= 11 is 0. The van der Waals surface area contributed by atoms with Crippen LogP contribution in [0.5, 0.6) is 0 Å². The van der Waals surface area contributed by atoms with Crippen molar-refractivity contribution >= 4 is 12.0 Å². The topological polar surface area (TPSA) is 39.2 Å². The van der Waals surface area contributed by atoms with E-state index in [1.807, 2.05) is 13.8 Å². The lowest BCUT2D eigenvalue weighted by Gasteiger charge is -2.45. The van der Waals surface area contributed by atoms with E-state index >= 15 is 0 Å². The summed E-state index contributed by atoms with van der Waals surface area (Å²) in [5, 5.41) is 0. The summed E-state index contributed by atoms with van der Waals surface area (Å²) in [4.78, 5) is 17.1. The summed E-state index contributed by atoms with van der Waals surface area (Å²) in [6, 6.07) is 6.24. The fourth-order valence-electron chi connectivity index (χ4n) is 5.58. The first-order valence-corrected chi connectivity index (χ1v) is 11.0.